The van der Waals surface area contributed by atoms with E-state index in [1.165, 1.54) is 24.3 Å². The summed E-state index contributed by atoms with van der Waals surface area (Å²) in [4.78, 5) is 26.6. The molecule has 0 unspecified atom stereocenters. The molecule has 0 amide bonds. The zero-order valence-electron chi connectivity index (χ0n) is 7.44. The Hall–Kier alpha value is -1.27. The fourth-order valence-corrected chi connectivity index (χ4v) is 1.24. The summed E-state index contributed by atoms with van der Waals surface area (Å²) in [5.74, 6) is 0. The molecule has 1 aromatic carbocycles. The second-order valence-electron chi connectivity index (χ2n) is 2.69. The number of nitro benzene ring substituents is 1. The highest BCUT2D eigenvalue weighted by Crippen LogP contribution is 2.37. The van der Waals surface area contributed by atoms with Crippen molar-refractivity contribution in [2.24, 2.45) is 0 Å². The van der Waals surface area contributed by atoms with Crippen LogP contribution in [-0.4, -0.2) is 14.7 Å². The van der Waals surface area contributed by atoms with Crippen LogP contribution in [0.15, 0.2) is 24.3 Å². The van der Waals surface area contributed by atoms with E-state index in [-0.39, 0.29) is 12.3 Å². The lowest BCUT2D eigenvalue weighted by molar-refractivity contribution is -0.384. The second-order valence-corrected chi connectivity index (χ2v) is 3.93. The number of non-ortho nitro benzene ring substituents is 1. The summed E-state index contributed by atoms with van der Waals surface area (Å²) in [5, 5.41) is 10.4. The van der Waals surface area contributed by atoms with Gasteiger partial charge in [0.2, 0.25) is 0 Å². The Labute approximate surface area is 84.7 Å². The Bertz CT molecular complexity index is 414. The van der Waals surface area contributed by atoms with E-state index < -0.39 is 12.7 Å². The van der Waals surface area contributed by atoms with Crippen LogP contribution in [0, 0.1) is 10.1 Å². The van der Waals surface area contributed by atoms with Crippen molar-refractivity contribution in [2.75, 3.05) is 0 Å². The SMILES string of the molecule is O=[14N+]([O-])c1cccc(COP(=O)(O)O)c1. The third-order valence-electron chi connectivity index (χ3n) is 1.52. The first-order valence-corrected chi connectivity index (χ1v) is 5.35. The number of hydrogen-bond acceptors (Lipinski definition) is 4. The van der Waals surface area contributed by atoms with Crippen molar-refractivity contribution in [2.45, 2.75) is 6.61 Å². The van der Waals surface area contributed by atoms with Crippen molar-refractivity contribution in [3.05, 3.63) is 39.9 Å². The van der Waals surface area contributed by atoms with Crippen LogP contribution in [0.2, 0.25) is 0 Å². The Morgan fingerprint density at radius 2 is 2.13 bits per heavy atom. The minimum absolute atomic E-state index is 0.151. The third-order valence-corrected chi connectivity index (χ3v) is 1.99. The maximum Gasteiger partial charge on any atom is 0.469 e. The topological polar surface area (TPSA) is 110 Å². The van der Waals surface area contributed by atoms with E-state index in [1.807, 2.05) is 0 Å². The third kappa shape index (κ3) is 4.18. The zero-order valence-corrected chi connectivity index (χ0v) is 8.33. The maximum absolute atomic E-state index is 10.4. The molecule has 0 spiro atoms. The molecular formula is C7H8NO6P. The van der Waals surface area contributed by atoms with Gasteiger partial charge in [-0.15, -0.1) is 0 Å². The number of nitro groups is 1. The summed E-state index contributed by atoms with van der Waals surface area (Å²) < 4.78 is 14.6. The zero-order chi connectivity index (χ0) is 11.5. The van der Waals surface area contributed by atoms with Crippen molar-refractivity contribution < 1.29 is 23.8 Å². The lowest BCUT2D eigenvalue weighted by Crippen LogP contribution is -1.93. The molecule has 0 fully saturated rings. The summed E-state index contributed by atoms with van der Waals surface area (Å²) in [6.45, 7) is -0.369. The van der Waals surface area contributed by atoms with Gasteiger partial charge in [0.15, 0.2) is 0 Å². The van der Waals surface area contributed by atoms with Gasteiger partial charge < -0.3 is 9.79 Å². The van der Waals surface area contributed by atoms with Crippen LogP contribution in [0.1, 0.15) is 5.56 Å². The van der Waals surface area contributed by atoms with Crippen LogP contribution in [0.4, 0.5) is 5.69 Å². The smallest absolute Gasteiger partial charge is 0.303 e. The van der Waals surface area contributed by atoms with Gasteiger partial charge in [0.25, 0.3) is 5.69 Å². The van der Waals surface area contributed by atoms with Gasteiger partial charge in [-0.25, -0.2) is 4.57 Å². The van der Waals surface area contributed by atoms with Crippen molar-refractivity contribution >= 4 is 13.5 Å². The van der Waals surface area contributed by atoms with Crippen molar-refractivity contribution in [3.8, 4) is 0 Å². The van der Waals surface area contributed by atoms with Gasteiger partial charge >= 0.3 is 7.82 Å². The highest BCUT2D eigenvalue weighted by atomic mass is 31.2. The molecule has 0 aliphatic rings. The molecule has 2 N–H and O–H groups in total. The van der Waals surface area contributed by atoms with Crippen LogP contribution in [-0.2, 0) is 15.7 Å². The summed E-state index contributed by atoms with van der Waals surface area (Å²) in [6.07, 6.45) is 0. The fraction of sp³-hybridized carbons (Fsp3) is 0.143. The van der Waals surface area contributed by atoms with Crippen LogP contribution in [0.5, 0.6) is 0 Å². The van der Waals surface area contributed by atoms with E-state index in [1.54, 1.807) is 0 Å². The average molecular weight is 233 g/mol. The summed E-state index contributed by atoms with van der Waals surface area (Å²) >= 11 is 0. The average Bonchev–Trinajstić information content (AvgIpc) is 2.14. The van der Waals surface area contributed by atoms with E-state index in [0.717, 1.165) is 0 Å². The van der Waals surface area contributed by atoms with E-state index in [2.05, 4.69) is 4.52 Å². The monoisotopic (exact) mass is 233 g/mol. The Morgan fingerprint density at radius 1 is 1.47 bits per heavy atom. The fourth-order valence-electron chi connectivity index (χ4n) is 0.918. The van der Waals surface area contributed by atoms with Gasteiger partial charge in [0.05, 0.1) is 11.5 Å². The number of hydrogen-bond donors (Lipinski definition) is 2. The number of nitrogens with zero attached hydrogens (tertiary/aromatic N) is 1. The minimum atomic E-state index is -4.54. The first-order chi connectivity index (χ1) is 6.88. The molecule has 0 atom stereocenters. The van der Waals surface area contributed by atoms with E-state index in [9.17, 15) is 14.7 Å². The lowest BCUT2D eigenvalue weighted by Gasteiger charge is -2.04. The molecule has 8 heteroatoms. The number of phosphoric ester groups is 1. The molecule has 0 saturated carbocycles. The van der Waals surface area contributed by atoms with Crippen molar-refractivity contribution in [1.82, 2.24) is 0 Å². The molecule has 0 bridgehead atoms. The van der Waals surface area contributed by atoms with Gasteiger partial charge in [0.1, 0.15) is 0 Å². The molecule has 0 aromatic heterocycles. The molecule has 1 rings (SSSR count). The number of rotatable bonds is 4. The molecular weight excluding hydrogens is 225 g/mol. The predicted molar refractivity (Wildman–Crippen MR) is 49.9 cm³/mol. The number of benzene rings is 1. The van der Waals surface area contributed by atoms with Crippen molar-refractivity contribution in [1.29, 1.82) is 0 Å². The summed E-state index contributed by atoms with van der Waals surface area (Å²) in [6, 6.07) is 5.36. The Kier molecular flexibility index (Phi) is 3.54. The molecule has 0 saturated heterocycles. The van der Waals surface area contributed by atoms with Gasteiger partial charge in [-0.2, -0.15) is 0 Å². The first-order valence-electron chi connectivity index (χ1n) is 3.82. The van der Waals surface area contributed by atoms with Gasteiger partial charge in [-0.1, -0.05) is 12.1 Å². The molecule has 7 nitrogen and oxygen atoms in total. The maximum atomic E-state index is 10.4. The first kappa shape index (κ1) is 11.8. The van der Waals surface area contributed by atoms with Crippen molar-refractivity contribution in [3.63, 3.8) is 0 Å². The van der Waals surface area contributed by atoms with Crippen LogP contribution in [0.3, 0.4) is 0 Å². The predicted octanol–water partition coefficient (Wildman–Crippen LogP) is 1.20. The van der Waals surface area contributed by atoms with E-state index in [4.69, 9.17) is 9.79 Å². The highest BCUT2D eigenvalue weighted by Gasteiger charge is 2.14. The molecule has 0 aliphatic heterocycles. The Balaban J connectivity index is 2.74. The van der Waals surface area contributed by atoms with Gasteiger partial charge in [0, 0.05) is 12.1 Å². The van der Waals surface area contributed by atoms with Gasteiger partial charge in [-0.05, 0) is 5.56 Å². The van der Waals surface area contributed by atoms with E-state index >= 15 is 0 Å². The largest absolute Gasteiger partial charge is 0.469 e. The minimum Gasteiger partial charge on any atom is -0.303 e. The van der Waals surface area contributed by atoms with Crippen LogP contribution in [0.25, 0.3) is 0 Å². The molecule has 0 heterocycles. The van der Waals surface area contributed by atoms with E-state index in [0.29, 0.717) is 5.56 Å². The normalized spacial score (nSPS) is 11.3. The molecule has 1 aromatic rings. The van der Waals surface area contributed by atoms with Crippen LogP contribution >= 0.6 is 7.82 Å². The molecule has 15 heavy (non-hydrogen) atoms. The molecule has 0 aliphatic carbocycles. The van der Waals surface area contributed by atoms with Crippen LogP contribution < -0.4 is 0 Å². The Morgan fingerprint density at radius 3 is 2.67 bits per heavy atom. The molecule has 0 radical (unpaired) electrons. The summed E-state index contributed by atoms with van der Waals surface area (Å²) in [7, 11) is -4.54. The quantitative estimate of drug-likeness (QED) is 0.459. The summed E-state index contributed by atoms with van der Waals surface area (Å²) in [5.41, 5.74) is 0.175. The van der Waals surface area contributed by atoms with Gasteiger partial charge in [-0.3, -0.25) is 14.6 Å². The lowest BCUT2D eigenvalue weighted by atomic mass is 10.2. The highest BCUT2D eigenvalue weighted by molar-refractivity contribution is 7.46. The molecule has 82 valence electrons. The second kappa shape index (κ2) is 4.50. The number of phosphoric acid groups is 1. The standard InChI is InChI=1S/C7H8NO6P/c9-8(10)7-3-1-2-6(4-7)5-14-15(11,12)13/h1-4H,5H2,(H2,11,12,13)/i8+0.